The van der Waals surface area contributed by atoms with E-state index in [4.69, 9.17) is 5.11 Å². The summed E-state index contributed by atoms with van der Waals surface area (Å²) in [5, 5.41) is 8.95. The number of carbonyl (C=O) groups is 1. The van der Waals surface area contributed by atoms with E-state index in [0.29, 0.717) is 5.56 Å². The molecule has 0 saturated heterocycles. The molecular formula is C18H13BrF4O2. The summed E-state index contributed by atoms with van der Waals surface area (Å²) in [6.07, 6.45) is -2.32. The van der Waals surface area contributed by atoms with Crippen LogP contribution in [0.3, 0.4) is 0 Å². The lowest BCUT2D eigenvalue weighted by Crippen LogP contribution is -2.19. The molecule has 0 aromatic heterocycles. The number of halogens is 5. The molecule has 0 spiro atoms. The van der Waals surface area contributed by atoms with E-state index in [1.807, 2.05) is 0 Å². The number of aryl methyl sites for hydroxylation is 1. The largest absolute Gasteiger partial charge is 0.478 e. The Kier molecular flexibility index (Phi) is 5.67. The predicted octanol–water partition coefficient (Wildman–Crippen LogP) is 5.95. The standard InChI is InChI=1S/C18H13BrF4O2/c1-10-8-12(4-7-16(10)20)14(18(21,22)23)6-3-11-2-5-13(17(24)25)15(19)9-11/h2-9,14H,1H3,(H,24,25). The normalized spacial score (nSPS) is 13.2. The SMILES string of the molecule is Cc1cc(C(C=Cc2ccc(C(=O)O)c(Br)c2)C(F)(F)F)ccc1F. The maximum absolute atomic E-state index is 13.4. The highest BCUT2D eigenvalue weighted by molar-refractivity contribution is 9.10. The molecule has 2 nitrogen and oxygen atoms in total. The molecule has 0 aliphatic carbocycles. The lowest BCUT2D eigenvalue weighted by atomic mass is 9.95. The number of alkyl halides is 3. The van der Waals surface area contributed by atoms with Crippen LogP contribution in [0, 0.1) is 12.7 Å². The molecule has 1 N–H and O–H groups in total. The molecule has 2 aromatic rings. The van der Waals surface area contributed by atoms with E-state index in [0.717, 1.165) is 18.2 Å². The van der Waals surface area contributed by atoms with Crippen LogP contribution >= 0.6 is 15.9 Å². The van der Waals surface area contributed by atoms with E-state index in [2.05, 4.69) is 15.9 Å². The fourth-order valence-corrected chi connectivity index (χ4v) is 2.85. The van der Waals surface area contributed by atoms with Crippen molar-refractivity contribution in [3.8, 4) is 0 Å². The third-order valence-corrected chi connectivity index (χ3v) is 4.25. The zero-order chi connectivity index (χ0) is 18.8. The average Bonchev–Trinajstić information content (AvgIpc) is 2.49. The van der Waals surface area contributed by atoms with Crippen molar-refractivity contribution >= 4 is 28.0 Å². The van der Waals surface area contributed by atoms with Crippen molar-refractivity contribution in [2.75, 3.05) is 0 Å². The molecule has 2 aromatic carbocycles. The minimum Gasteiger partial charge on any atom is -0.478 e. The first-order valence-corrected chi connectivity index (χ1v) is 7.92. The van der Waals surface area contributed by atoms with Gasteiger partial charge in [0.15, 0.2) is 0 Å². The van der Waals surface area contributed by atoms with E-state index in [-0.39, 0.29) is 21.2 Å². The van der Waals surface area contributed by atoms with Crippen molar-refractivity contribution < 1.29 is 27.5 Å². The van der Waals surface area contributed by atoms with Crippen LogP contribution in [-0.2, 0) is 0 Å². The number of hydrogen-bond acceptors (Lipinski definition) is 1. The summed E-state index contributed by atoms with van der Waals surface area (Å²) in [7, 11) is 0. The van der Waals surface area contributed by atoms with Gasteiger partial charge in [0.1, 0.15) is 5.82 Å². The van der Waals surface area contributed by atoms with Crippen LogP contribution in [0.5, 0.6) is 0 Å². The molecule has 0 aliphatic rings. The summed E-state index contributed by atoms with van der Waals surface area (Å²) in [5.41, 5.74) is 0.487. The quantitative estimate of drug-likeness (QED) is 0.624. The van der Waals surface area contributed by atoms with Crippen LogP contribution in [0.4, 0.5) is 17.6 Å². The average molecular weight is 417 g/mol. The molecule has 2 rings (SSSR count). The van der Waals surface area contributed by atoms with Crippen molar-refractivity contribution in [1.29, 1.82) is 0 Å². The first-order chi connectivity index (χ1) is 11.6. The Morgan fingerprint density at radius 3 is 2.40 bits per heavy atom. The highest BCUT2D eigenvalue weighted by atomic mass is 79.9. The van der Waals surface area contributed by atoms with Crippen LogP contribution < -0.4 is 0 Å². The number of hydrogen-bond donors (Lipinski definition) is 1. The molecule has 0 saturated carbocycles. The zero-order valence-electron chi connectivity index (χ0n) is 12.9. The molecule has 1 unspecified atom stereocenters. The molecular weight excluding hydrogens is 404 g/mol. The summed E-state index contributed by atoms with van der Waals surface area (Å²) < 4.78 is 53.6. The van der Waals surface area contributed by atoms with Crippen LogP contribution in [0.1, 0.15) is 33.0 Å². The molecule has 0 heterocycles. The lowest BCUT2D eigenvalue weighted by molar-refractivity contribution is -0.139. The first kappa shape index (κ1) is 19.2. The molecule has 0 radical (unpaired) electrons. The second-order valence-corrected chi connectivity index (χ2v) is 6.29. The van der Waals surface area contributed by atoms with E-state index in [1.165, 1.54) is 37.3 Å². The van der Waals surface area contributed by atoms with Gasteiger partial charge in [-0.3, -0.25) is 0 Å². The highest BCUT2D eigenvalue weighted by Crippen LogP contribution is 2.37. The van der Waals surface area contributed by atoms with E-state index in [9.17, 15) is 22.4 Å². The van der Waals surface area contributed by atoms with Gasteiger partial charge in [-0.2, -0.15) is 13.2 Å². The van der Waals surface area contributed by atoms with Gasteiger partial charge in [-0.25, -0.2) is 9.18 Å². The third kappa shape index (κ3) is 4.69. The summed E-state index contributed by atoms with van der Waals surface area (Å²) in [6, 6.07) is 7.42. The summed E-state index contributed by atoms with van der Waals surface area (Å²) in [5.74, 6) is -3.61. The Balaban J connectivity index is 2.37. The van der Waals surface area contributed by atoms with Gasteiger partial charge in [-0.15, -0.1) is 0 Å². The number of allylic oxidation sites excluding steroid dienone is 1. The smallest absolute Gasteiger partial charge is 0.399 e. The number of aromatic carboxylic acids is 1. The Labute approximate surface area is 149 Å². The predicted molar refractivity (Wildman–Crippen MR) is 90.1 cm³/mol. The number of carboxylic acid groups (broad SMARTS) is 1. The summed E-state index contributed by atoms with van der Waals surface area (Å²) >= 11 is 3.08. The molecule has 7 heteroatoms. The first-order valence-electron chi connectivity index (χ1n) is 7.13. The Bertz CT molecular complexity index is 828. The number of carboxylic acids is 1. The minimum atomic E-state index is -4.54. The van der Waals surface area contributed by atoms with Gasteiger partial charge < -0.3 is 5.11 Å². The van der Waals surface area contributed by atoms with Crippen molar-refractivity contribution in [3.63, 3.8) is 0 Å². The van der Waals surface area contributed by atoms with Gasteiger partial charge in [0, 0.05) is 4.47 Å². The molecule has 25 heavy (non-hydrogen) atoms. The maximum Gasteiger partial charge on any atom is 0.399 e. The molecule has 132 valence electrons. The van der Waals surface area contributed by atoms with Crippen molar-refractivity contribution in [2.45, 2.75) is 19.0 Å². The molecule has 0 aliphatic heterocycles. The fourth-order valence-electron chi connectivity index (χ4n) is 2.29. The number of benzene rings is 2. The Hall–Kier alpha value is -2.15. The van der Waals surface area contributed by atoms with E-state index in [1.54, 1.807) is 0 Å². The third-order valence-electron chi connectivity index (χ3n) is 3.60. The van der Waals surface area contributed by atoms with Crippen molar-refractivity contribution in [3.05, 3.63) is 75.0 Å². The van der Waals surface area contributed by atoms with Crippen LogP contribution in [0.15, 0.2) is 46.9 Å². The fraction of sp³-hybridized carbons (Fsp3) is 0.167. The van der Waals surface area contributed by atoms with Gasteiger partial charge >= 0.3 is 12.1 Å². The highest BCUT2D eigenvalue weighted by Gasteiger charge is 2.39. The Morgan fingerprint density at radius 1 is 1.20 bits per heavy atom. The van der Waals surface area contributed by atoms with Gasteiger partial charge in [0.05, 0.1) is 11.5 Å². The van der Waals surface area contributed by atoms with Crippen molar-refractivity contribution in [2.24, 2.45) is 0 Å². The van der Waals surface area contributed by atoms with Gasteiger partial charge in [0.2, 0.25) is 0 Å². The second-order valence-electron chi connectivity index (χ2n) is 5.43. The van der Waals surface area contributed by atoms with Gasteiger partial charge in [-0.05, 0) is 57.7 Å². The van der Waals surface area contributed by atoms with E-state index < -0.39 is 23.9 Å². The molecule has 0 bridgehead atoms. The molecule has 0 fully saturated rings. The van der Waals surface area contributed by atoms with Crippen LogP contribution in [0.2, 0.25) is 0 Å². The molecule has 0 amide bonds. The van der Waals surface area contributed by atoms with Gasteiger partial charge in [-0.1, -0.05) is 30.4 Å². The zero-order valence-corrected chi connectivity index (χ0v) is 14.5. The lowest BCUT2D eigenvalue weighted by Gasteiger charge is -2.18. The van der Waals surface area contributed by atoms with Crippen molar-refractivity contribution in [1.82, 2.24) is 0 Å². The second kappa shape index (κ2) is 7.39. The molecule has 1 atom stereocenters. The monoisotopic (exact) mass is 416 g/mol. The Morgan fingerprint density at radius 2 is 1.88 bits per heavy atom. The minimum absolute atomic E-state index is 0.0127. The maximum atomic E-state index is 13.4. The van der Waals surface area contributed by atoms with Crippen LogP contribution in [0.25, 0.3) is 6.08 Å². The number of rotatable bonds is 4. The summed E-state index contributed by atoms with van der Waals surface area (Å²) in [6.45, 7) is 1.40. The van der Waals surface area contributed by atoms with Gasteiger partial charge in [0.25, 0.3) is 0 Å². The topological polar surface area (TPSA) is 37.3 Å². The van der Waals surface area contributed by atoms with E-state index >= 15 is 0 Å². The van der Waals surface area contributed by atoms with Crippen LogP contribution in [-0.4, -0.2) is 17.3 Å². The summed E-state index contributed by atoms with van der Waals surface area (Å²) in [4.78, 5) is 10.9.